The fraction of sp³-hybridized carbons (Fsp3) is 0.200. The van der Waals surface area contributed by atoms with Gasteiger partial charge in [0, 0.05) is 20.8 Å². The summed E-state index contributed by atoms with van der Waals surface area (Å²) >= 11 is 10.7. The van der Waals surface area contributed by atoms with Gasteiger partial charge in [0.1, 0.15) is 0 Å². The lowest BCUT2D eigenvalue weighted by Gasteiger charge is -2.01. The molecular weight excluding hydrogens is 314 g/mol. The first-order valence-electron chi connectivity index (χ1n) is 4.46. The number of hydrogen-bond acceptors (Lipinski definition) is 3. The van der Waals surface area contributed by atoms with E-state index >= 15 is 0 Å². The minimum Gasteiger partial charge on any atom is -0.480 e. The number of hydrogen-bond donors (Lipinski definition) is 1. The highest BCUT2D eigenvalue weighted by Gasteiger charge is 2.25. The van der Waals surface area contributed by atoms with E-state index in [0.717, 1.165) is 15.1 Å². The van der Waals surface area contributed by atoms with E-state index in [1.54, 1.807) is 12.1 Å². The topological polar surface area (TPSA) is 49.7 Å². The third-order valence-corrected chi connectivity index (χ3v) is 3.82. The molecule has 0 aromatic heterocycles. The summed E-state index contributed by atoms with van der Waals surface area (Å²) in [5.41, 5.74) is 0.855. The molecule has 6 heteroatoms. The highest BCUT2D eigenvalue weighted by Crippen LogP contribution is 2.27. The van der Waals surface area contributed by atoms with Crippen LogP contribution in [0.4, 0.5) is 0 Å². The highest BCUT2D eigenvalue weighted by atomic mass is 79.9. The minimum absolute atomic E-state index is 0.481. The monoisotopic (exact) mass is 319 g/mol. The van der Waals surface area contributed by atoms with Crippen molar-refractivity contribution in [3.63, 3.8) is 0 Å². The van der Waals surface area contributed by atoms with Gasteiger partial charge in [-0.05, 0) is 18.2 Å². The number of thioether (sulfide) groups is 1. The Morgan fingerprint density at radius 2 is 2.31 bits per heavy atom. The van der Waals surface area contributed by atoms with Gasteiger partial charge in [0.05, 0.1) is 5.04 Å². The van der Waals surface area contributed by atoms with Crippen molar-refractivity contribution in [2.24, 2.45) is 4.99 Å². The van der Waals surface area contributed by atoms with Crippen LogP contribution in [0, 0.1) is 0 Å². The molecule has 1 atom stereocenters. The van der Waals surface area contributed by atoms with Crippen LogP contribution < -0.4 is 0 Å². The lowest BCUT2D eigenvalue weighted by molar-refractivity contribution is -0.137. The number of nitrogens with zero attached hydrogens (tertiary/aromatic N) is 1. The second kappa shape index (κ2) is 4.77. The number of aliphatic carboxylic acids is 1. The molecule has 1 N–H and O–H groups in total. The van der Waals surface area contributed by atoms with Crippen LogP contribution in [0.1, 0.15) is 5.56 Å². The van der Waals surface area contributed by atoms with E-state index in [4.69, 9.17) is 16.7 Å². The summed E-state index contributed by atoms with van der Waals surface area (Å²) in [5, 5.41) is 10.2. The summed E-state index contributed by atoms with van der Waals surface area (Å²) < 4.78 is 0.858. The number of carboxylic acids is 1. The molecule has 0 bridgehead atoms. The van der Waals surface area contributed by atoms with Gasteiger partial charge in [0.25, 0.3) is 0 Å². The van der Waals surface area contributed by atoms with Crippen molar-refractivity contribution in [1.29, 1.82) is 0 Å². The maximum absolute atomic E-state index is 10.8. The number of rotatable bonds is 2. The molecular formula is C10H7BrClNO2S. The maximum atomic E-state index is 10.8. The van der Waals surface area contributed by atoms with E-state index in [9.17, 15) is 4.79 Å². The number of aliphatic imine (C=N–C) groups is 1. The number of benzene rings is 1. The van der Waals surface area contributed by atoms with E-state index < -0.39 is 12.0 Å². The van der Waals surface area contributed by atoms with Gasteiger partial charge in [-0.3, -0.25) is 4.99 Å². The Labute approximate surface area is 110 Å². The van der Waals surface area contributed by atoms with Crippen molar-refractivity contribution in [2.45, 2.75) is 6.04 Å². The molecule has 0 amide bonds. The first-order chi connectivity index (χ1) is 7.56. The Balaban J connectivity index is 2.32. The van der Waals surface area contributed by atoms with Crippen LogP contribution in [0.5, 0.6) is 0 Å². The maximum Gasteiger partial charge on any atom is 0.329 e. The summed E-state index contributed by atoms with van der Waals surface area (Å²) in [7, 11) is 0. The van der Waals surface area contributed by atoms with Crippen molar-refractivity contribution in [2.75, 3.05) is 5.75 Å². The smallest absolute Gasteiger partial charge is 0.329 e. The van der Waals surface area contributed by atoms with Crippen molar-refractivity contribution in [1.82, 2.24) is 0 Å². The summed E-state index contributed by atoms with van der Waals surface area (Å²) in [6, 6.07) is 4.79. The van der Waals surface area contributed by atoms with Gasteiger partial charge >= 0.3 is 5.97 Å². The average molecular weight is 321 g/mol. The van der Waals surface area contributed by atoms with E-state index in [2.05, 4.69) is 20.9 Å². The van der Waals surface area contributed by atoms with Gasteiger partial charge in [-0.1, -0.05) is 27.5 Å². The first kappa shape index (κ1) is 12.0. The van der Waals surface area contributed by atoms with Crippen molar-refractivity contribution in [3.05, 3.63) is 33.3 Å². The quantitative estimate of drug-likeness (QED) is 0.911. The Morgan fingerprint density at radius 3 is 2.88 bits per heavy atom. The third-order valence-electron chi connectivity index (χ3n) is 2.05. The normalized spacial score (nSPS) is 19.6. The molecule has 1 aliphatic rings. The predicted octanol–water partition coefficient (Wildman–Crippen LogP) is 3.05. The zero-order chi connectivity index (χ0) is 11.7. The molecule has 0 spiro atoms. The Kier molecular flexibility index (Phi) is 3.56. The second-order valence-electron chi connectivity index (χ2n) is 3.26. The average Bonchev–Trinajstić information content (AvgIpc) is 2.64. The van der Waals surface area contributed by atoms with Gasteiger partial charge in [-0.25, -0.2) is 4.79 Å². The fourth-order valence-corrected chi connectivity index (χ4v) is 3.21. The van der Waals surface area contributed by atoms with Crippen molar-refractivity contribution >= 4 is 50.3 Å². The summed E-state index contributed by atoms with van der Waals surface area (Å²) in [6.45, 7) is 0. The molecule has 84 valence electrons. The lowest BCUT2D eigenvalue weighted by atomic mass is 10.2. The molecule has 1 aromatic rings. The van der Waals surface area contributed by atoms with E-state index in [1.165, 1.54) is 11.8 Å². The van der Waals surface area contributed by atoms with Crippen LogP contribution >= 0.6 is 39.3 Å². The zero-order valence-corrected chi connectivity index (χ0v) is 11.1. The molecule has 0 fully saturated rings. The van der Waals surface area contributed by atoms with Gasteiger partial charge in [0.15, 0.2) is 6.04 Å². The van der Waals surface area contributed by atoms with Crippen LogP contribution in [-0.2, 0) is 4.79 Å². The van der Waals surface area contributed by atoms with Gasteiger partial charge in [-0.15, -0.1) is 11.8 Å². The van der Waals surface area contributed by atoms with Crippen LogP contribution in [0.3, 0.4) is 0 Å². The van der Waals surface area contributed by atoms with Gasteiger partial charge in [0.2, 0.25) is 0 Å². The molecule has 0 aliphatic carbocycles. The molecule has 0 saturated heterocycles. The molecule has 0 saturated carbocycles. The fourth-order valence-electron chi connectivity index (χ4n) is 1.34. The summed E-state index contributed by atoms with van der Waals surface area (Å²) in [6.07, 6.45) is 0. The standard InChI is InChI=1S/C10H7BrClNO2S/c11-6-1-5(2-7(12)3-6)9-13-8(4-16-9)10(14)15/h1-3,8H,4H2,(H,14,15). The van der Waals surface area contributed by atoms with Crippen molar-refractivity contribution in [3.8, 4) is 0 Å². The Hall–Kier alpha value is -0.520. The molecule has 1 aliphatic heterocycles. The van der Waals surface area contributed by atoms with E-state index in [0.29, 0.717) is 10.8 Å². The first-order valence-corrected chi connectivity index (χ1v) is 6.62. The summed E-state index contributed by atoms with van der Waals surface area (Å²) in [4.78, 5) is 14.9. The highest BCUT2D eigenvalue weighted by molar-refractivity contribution is 9.10. The summed E-state index contributed by atoms with van der Waals surface area (Å²) in [5.74, 6) is -0.405. The largest absolute Gasteiger partial charge is 0.480 e. The van der Waals surface area contributed by atoms with Crippen LogP contribution in [0.15, 0.2) is 27.7 Å². The predicted molar refractivity (Wildman–Crippen MR) is 69.6 cm³/mol. The van der Waals surface area contributed by atoms with Crippen LogP contribution in [0.2, 0.25) is 5.02 Å². The van der Waals surface area contributed by atoms with Crippen LogP contribution in [-0.4, -0.2) is 27.9 Å². The molecule has 3 nitrogen and oxygen atoms in total. The van der Waals surface area contributed by atoms with E-state index in [-0.39, 0.29) is 0 Å². The van der Waals surface area contributed by atoms with Gasteiger partial charge in [-0.2, -0.15) is 0 Å². The third kappa shape index (κ3) is 2.59. The van der Waals surface area contributed by atoms with E-state index in [1.807, 2.05) is 6.07 Å². The number of carbonyl (C=O) groups is 1. The lowest BCUT2D eigenvalue weighted by Crippen LogP contribution is -2.17. The molecule has 2 rings (SSSR count). The minimum atomic E-state index is -0.886. The number of halogens is 2. The molecule has 1 heterocycles. The zero-order valence-electron chi connectivity index (χ0n) is 7.98. The van der Waals surface area contributed by atoms with Crippen molar-refractivity contribution < 1.29 is 9.90 Å². The van der Waals surface area contributed by atoms with Crippen LogP contribution in [0.25, 0.3) is 0 Å². The molecule has 1 unspecified atom stereocenters. The molecule has 16 heavy (non-hydrogen) atoms. The molecule has 0 radical (unpaired) electrons. The second-order valence-corrected chi connectivity index (χ2v) is 5.62. The Bertz CT molecular complexity index is 458. The Morgan fingerprint density at radius 1 is 1.56 bits per heavy atom. The SMILES string of the molecule is O=C(O)C1CSC(c2cc(Cl)cc(Br)c2)=N1. The number of carboxylic acid groups (broad SMARTS) is 1. The van der Waals surface area contributed by atoms with Gasteiger partial charge < -0.3 is 5.11 Å². The molecule has 1 aromatic carbocycles.